The molecule has 1 atom stereocenters. The Hall–Kier alpha value is -2.84. The van der Waals surface area contributed by atoms with Gasteiger partial charge in [-0.1, -0.05) is 35.5 Å². The minimum absolute atomic E-state index is 0.148. The third-order valence-electron chi connectivity index (χ3n) is 4.39. The maximum absolute atomic E-state index is 13.1. The number of hydrogen-bond donors (Lipinski definition) is 2. The first-order valence-corrected chi connectivity index (χ1v) is 10.5. The van der Waals surface area contributed by atoms with E-state index in [0.29, 0.717) is 22.7 Å². The van der Waals surface area contributed by atoms with Crippen LogP contribution in [0.15, 0.2) is 48.5 Å². The fourth-order valence-electron chi connectivity index (χ4n) is 2.94. The molecule has 1 saturated heterocycles. The summed E-state index contributed by atoms with van der Waals surface area (Å²) in [6, 6.07) is 13.5. The van der Waals surface area contributed by atoms with Gasteiger partial charge in [-0.25, -0.2) is 0 Å². The molecular formula is C21H20ClN3O4S. The van der Waals surface area contributed by atoms with Gasteiger partial charge in [-0.3, -0.25) is 24.7 Å². The molecule has 1 aliphatic heterocycles. The Labute approximate surface area is 183 Å². The molecule has 0 aromatic heterocycles. The summed E-state index contributed by atoms with van der Waals surface area (Å²) in [7, 11) is 0. The average Bonchev–Trinajstić information content (AvgIpc) is 3.04. The molecule has 156 valence electrons. The maximum Gasteiger partial charge on any atom is 0.326 e. The van der Waals surface area contributed by atoms with Gasteiger partial charge in [0.15, 0.2) is 5.17 Å². The third kappa shape index (κ3) is 5.40. The quantitative estimate of drug-likeness (QED) is 0.637. The summed E-state index contributed by atoms with van der Waals surface area (Å²) in [5.41, 5.74) is 1.80. The van der Waals surface area contributed by atoms with E-state index in [0.717, 1.165) is 5.56 Å². The van der Waals surface area contributed by atoms with Crippen molar-refractivity contribution in [2.24, 2.45) is 0 Å². The number of nitrogens with zero attached hydrogens (tertiary/aromatic N) is 1. The van der Waals surface area contributed by atoms with Crippen molar-refractivity contribution in [3.63, 3.8) is 0 Å². The average molecular weight is 446 g/mol. The number of rotatable bonds is 7. The standard InChI is InChI=1S/C21H20ClN3O4S/c1-2-29-18(26)12-25(16-9-7-15(22)8-10-16)20(28)14-5-3-13(4-6-14)11-17-19(27)24-21(23)30-17/h3-10,17H,2,11-12H2,1H3,(H2,23,24,27). The van der Waals surface area contributed by atoms with Crippen molar-refractivity contribution in [1.82, 2.24) is 5.32 Å². The number of esters is 1. The highest BCUT2D eigenvalue weighted by Crippen LogP contribution is 2.24. The number of ether oxygens (including phenoxy) is 1. The highest BCUT2D eigenvalue weighted by molar-refractivity contribution is 8.15. The van der Waals surface area contributed by atoms with Crippen molar-refractivity contribution in [2.75, 3.05) is 18.1 Å². The minimum Gasteiger partial charge on any atom is -0.465 e. The number of anilines is 1. The third-order valence-corrected chi connectivity index (χ3v) is 5.64. The van der Waals surface area contributed by atoms with Gasteiger partial charge in [0.25, 0.3) is 5.91 Å². The van der Waals surface area contributed by atoms with Crippen LogP contribution in [0, 0.1) is 5.41 Å². The number of carbonyl (C=O) groups excluding carboxylic acids is 3. The van der Waals surface area contributed by atoms with E-state index in [2.05, 4.69) is 5.32 Å². The Bertz CT molecular complexity index is 963. The summed E-state index contributed by atoms with van der Waals surface area (Å²) in [5, 5.41) is 10.3. The topological polar surface area (TPSA) is 99.6 Å². The summed E-state index contributed by atoms with van der Waals surface area (Å²) >= 11 is 7.12. The fraction of sp³-hybridized carbons (Fsp3) is 0.238. The molecule has 0 spiro atoms. The largest absolute Gasteiger partial charge is 0.465 e. The molecule has 1 heterocycles. The van der Waals surface area contributed by atoms with Crippen molar-refractivity contribution in [3.8, 4) is 0 Å². The number of hydrogen-bond acceptors (Lipinski definition) is 6. The second kappa shape index (κ2) is 9.77. The van der Waals surface area contributed by atoms with Crippen LogP contribution >= 0.6 is 23.4 Å². The number of amides is 2. The lowest BCUT2D eigenvalue weighted by Gasteiger charge is -2.22. The SMILES string of the molecule is CCOC(=O)CN(C(=O)c1ccc(CC2SC(=N)NC2=O)cc1)c1ccc(Cl)cc1. The molecule has 2 aromatic carbocycles. The van der Waals surface area contributed by atoms with E-state index in [9.17, 15) is 14.4 Å². The van der Waals surface area contributed by atoms with E-state index in [4.69, 9.17) is 21.7 Å². The second-order valence-electron chi connectivity index (χ2n) is 6.50. The zero-order valence-corrected chi connectivity index (χ0v) is 17.8. The zero-order chi connectivity index (χ0) is 21.7. The van der Waals surface area contributed by atoms with Gasteiger partial charge in [0.2, 0.25) is 5.91 Å². The van der Waals surface area contributed by atoms with Gasteiger partial charge in [-0.2, -0.15) is 0 Å². The lowest BCUT2D eigenvalue weighted by atomic mass is 10.1. The van der Waals surface area contributed by atoms with E-state index >= 15 is 0 Å². The molecule has 1 fully saturated rings. The Morgan fingerprint density at radius 2 is 1.83 bits per heavy atom. The number of nitrogens with one attached hydrogen (secondary N) is 2. The molecule has 3 rings (SSSR count). The molecule has 2 N–H and O–H groups in total. The van der Waals surface area contributed by atoms with Crippen molar-refractivity contribution in [1.29, 1.82) is 5.41 Å². The van der Waals surface area contributed by atoms with E-state index in [1.807, 2.05) is 0 Å². The summed E-state index contributed by atoms with van der Waals surface area (Å²) < 4.78 is 5.00. The van der Waals surface area contributed by atoms with Gasteiger partial charge in [0, 0.05) is 16.3 Å². The summed E-state index contributed by atoms with van der Waals surface area (Å²) in [6.45, 7) is 1.70. The predicted octanol–water partition coefficient (Wildman–Crippen LogP) is 3.26. The fourth-order valence-corrected chi connectivity index (χ4v) is 3.95. The lowest BCUT2D eigenvalue weighted by Crippen LogP contribution is -2.36. The molecule has 1 unspecified atom stereocenters. The molecule has 0 bridgehead atoms. The highest BCUT2D eigenvalue weighted by Gasteiger charge is 2.29. The first kappa shape index (κ1) is 21.9. The van der Waals surface area contributed by atoms with Crippen LogP contribution in [0.1, 0.15) is 22.8 Å². The molecular weight excluding hydrogens is 426 g/mol. The van der Waals surface area contributed by atoms with E-state index < -0.39 is 5.97 Å². The molecule has 2 amide bonds. The normalized spacial score (nSPS) is 15.6. The molecule has 0 aliphatic carbocycles. The first-order valence-electron chi connectivity index (χ1n) is 9.25. The summed E-state index contributed by atoms with van der Waals surface area (Å²) in [4.78, 5) is 38.3. The van der Waals surface area contributed by atoms with Gasteiger partial charge in [-0.05, 0) is 55.3 Å². The monoisotopic (exact) mass is 445 g/mol. The first-order chi connectivity index (χ1) is 14.4. The van der Waals surface area contributed by atoms with Crippen molar-refractivity contribution in [2.45, 2.75) is 18.6 Å². The number of halogens is 1. The van der Waals surface area contributed by atoms with Gasteiger partial charge in [-0.15, -0.1) is 0 Å². The van der Waals surface area contributed by atoms with Crippen molar-refractivity contribution >= 4 is 52.0 Å². The molecule has 1 aliphatic rings. The van der Waals surface area contributed by atoms with Crippen molar-refractivity contribution in [3.05, 3.63) is 64.7 Å². The Kier molecular flexibility index (Phi) is 7.12. The van der Waals surface area contributed by atoms with E-state index in [-0.39, 0.29) is 35.4 Å². The number of benzene rings is 2. The van der Waals surface area contributed by atoms with E-state index in [1.165, 1.54) is 16.7 Å². The second-order valence-corrected chi connectivity index (χ2v) is 8.15. The minimum atomic E-state index is -0.510. The number of carbonyl (C=O) groups is 3. The number of thioether (sulfide) groups is 1. The number of amidine groups is 1. The zero-order valence-electron chi connectivity index (χ0n) is 16.2. The van der Waals surface area contributed by atoms with Gasteiger partial charge in [0.05, 0.1) is 11.9 Å². The smallest absolute Gasteiger partial charge is 0.326 e. The van der Waals surface area contributed by atoms with Crippen LogP contribution in [0.2, 0.25) is 5.02 Å². The van der Waals surface area contributed by atoms with E-state index in [1.54, 1.807) is 55.5 Å². The summed E-state index contributed by atoms with van der Waals surface area (Å²) in [5.74, 6) is -1.05. The van der Waals surface area contributed by atoms with Crippen LogP contribution in [-0.2, 0) is 20.7 Å². The molecule has 7 nitrogen and oxygen atoms in total. The van der Waals surface area contributed by atoms with Crippen molar-refractivity contribution < 1.29 is 19.1 Å². The highest BCUT2D eigenvalue weighted by atomic mass is 35.5. The molecule has 30 heavy (non-hydrogen) atoms. The van der Waals surface area contributed by atoms with Crippen LogP contribution in [0.25, 0.3) is 0 Å². The van der Waals surface area contributed by atoms with Gasteiger partial charge < -0.3 is 10.1 Å². The van der Waals surface area contributed by atoms with Gasteiger partial charge >= 0.3 is 5.97 Å². The Morgan fingerprint density at radius 3 is 2.40 bits per heavy atom. The molecule has 9 heteroatoms. The molecule has 2 aromatic rings. The van der Waals surface area contributed by atoms with Crippen LogP contribution < -0.4 is 10.2 Å². The van der Waals surface area contributed by atoms with Gasteiger partial charge in [0.1, 0.15) is 6.54 Å². The molecule has 0 saturated carbocycles. The maximum atomic E-state index is 13.1. The lowest BCUT2D eigenvalue weighted by molar-refractivity contribution is -0.141. The van der Waals surface area contributed by atoms with Crippen LogP contribution in [0.4, 0.5) is 5.69 Å². The molecule has 0 radical (unpaired) electrons. The Morgan fingerprint density at radius 1 is 1.17 bits per heavy atom. The summed E-state index contributed by atoms with van der Waals surface area (Å²) in [6.07, 6.45) is 0.455. The Balaban J connectivity index is 1.77. The predicted molar refractivity (Wildman–Crippen MR) is 117 cm³/mol. The van der Waals surface area contributed by atoms with Crippen LogP contribution in [-0.4, -0.2) is 41.4 Å². The van der Waals surface area contributed by atoms with Crippen LogP contribution in [0.5, 0.6) is 0 Å². The van der Waals surface area contributed by atoms with Crippen LogP contribution in [0.3, 0.4) is 0 Å².